The predicted molar refractivity (Wildman–Crippen MR) is 86.0 cm³/mol. The monoisotopic (exact) mass is 314 g/mol. The molecular weight excluding hydrogens is 300 g/mol. The molecular formula is C17H15ClN2O2. The van der Waals surface area contributed by atoms with Crippen LogP contribution in [0.1, 0.15) is 17.0 Å². The predicted octanol–water partition coefficient (Wildman–Crippen LogP) is 3.66. The number of aromatic nitrogens is 2. The number of pyridine rings is 2. The van der Waals surface area contributed by atoms with Crippen molar-refractivity contribution in [3.05, 3.63) is 64.6 Å². The Bertz CT molecular complexity index is 821. The molecule has 0 unspecified atom stereocenters. The molecule has 2 aromatic heterocycles. The summed E-state index contributed by atoms with van der Waals surface area (Å²) in [4.78, 5) is 8.65. The molecule has 3 aromatic rings. The number of ether oxygens (including phenoxy) is 1. The highest BCUT2D eigenvalue weighted by atomic mass is 35.5. The first kappa shape index (κ1) is 14.8. The summed E-state index contributed by atoms with van der Waals surface area (Å²) in [5, 5.41) is 10.9. The largest absolute Gasteiger partial charge is 0.487 e. The normalized spacial score (nSPS) is 10.9. The molecule has 112 valence electrons. The van der Waals surface area contributed by atoms with Gasteiger partial charge in [-0.2, -0.15) is 0 Å². The summed E-state index contributed by atoms with van der Waals surface area (Å²) in [5.41, 5.74) is 3.13. The molecule has 1 N–H and O–H groups in total. The maximum Gasteiger partial charge on any atom is 0.143 e. The fraction of sp³-hybridized carbons (Fsp3) is 0.176. The van der Waals surface area contributed by atoms with Gasteiger partial charge in [0.05, 0.1) is 12.1 Å². The topological polar surface area (TPSA) is 55.2 Å². The zero-order valence-electron chi connectivity index (χ0n) is 12.1. The second-order valence-electron chi connectivity index (χ2n) is 4.95. The molecule has 22 heavy (non-hydrogen) atoms. The van der Waals surface area contributed by atoms with Crippen molar-refractivity contribution in [2.45, 2.75) is 20.1 Å². The number of rotatable bonds is 4. The van der Waals surface area contributed by atoms with Crippen molar-refractivity contribution in [2.75, 3.05) is 0 Å². The van der Waals surface area contributed by atoms with Gasteiger partial charge in [0.1, 0.15) is 18.1 Å². The van der Waals surface area contributed by atoms with Gasteiger partial charge in [-0.25, -0.2) is 0 Å². The van der Waals surface area contributed by atoms with Crippen molar-refractivity contribution in [2.24, 2.45) is 0 Å². The number of aliphatic hydroxyl groups is 1. The van der Waals surface area contributed by atoms with E-state index in [4.69, 9.17) is 16.3 Å². The molecule has 0 aliphatic carbocycles. The lowest BCUT2D eigenvalue weighted by atomic mass is 10.1. The van der Waals surface area contributed by atoms with Gasteiger partial charge < -0.3 is 9.84 Å². The second kappa shape index (κ2) is 6.30. The Morgan fingerprint density at radius 1 is 1.18 bits per heavy atom. The minimum atomic E-state index is -0.156. The van der Waals surface area contributed by atoms with E-state index in [0.717, 1.165) is 22.2 Å². The van der Waals surface area contributed by atoms with Gasteiger partial charge in [-0.15, -0.1) is 0 Å². The standard InChI is InChI=1S/C17H15ClN2O2/c1-11-4-7-16(15(9-21)20-11)22-10-12-5-6-14(18)13-3-2-8-19-17(12)13/h2-8,21H,9-10H2,1H3. The zero-order valence-corrected chi connectivity index (χ0v) is 12.8. The quantitative estimate of drug-likeness (QED) is 0.798. The van der Waals surface area contributed by atoms with E-state index in [2.05, 4.69) is 9.97 Å². The highest BCUT2D eigenvalue weighted by Crippen LogP contribution is 2.26. The van der Waals surface area contributed by atoms with Crippen molar-refractivity contribution in [3.8, 4) is 5.75 Å². The summed E-state index contributed by atoms with van der Waals surface area (Å²) in [6.45, 7) is 2.05. The van der Waals surface area contributed by atoms with E-state index in [9.17, 15) is 5.11 Å². The number of benzene rings is 1. The van der Waals surface area contributed by atoms with Crippen LogP contribution in [-0.4, -0.2) is 15.1 Å². The first-order chi connectivity index (χ1) is 10.7. The van der Waals surface area contributed by atoms with Crippen LogP contribution in [0.25, 0.3) is 10.9 Å². The SMILES string of the molecule is Cc1ccc(OCc2ccc(Cl)c3cccnc23)c(CO)n1. The molecule has 0 spiro atoms. The van der Waals surface area contributed by atoms with E-state index in [1.807, 2.05) is 43.3 Å². The van der Waals surface area contributed by atoms with Crippen molar-refractivity contribution in [1.29, 1.82) is 0 Å². The molecule has 0 amide bonds. The van der Waals surface area contributed by atoms with E-state index in [1.165, 1.54) is 0 Å². The molecule has 0 fully saturated rings. The van der Waals surface area contributed by atoms with Gasteiger partial charge in [-0.05, 0) is 37.3 Å². The Morgan fingerprint density at radius 2 is 2.05 bits per heavy atom. The molecule has 0 radical (unpaired) electrons. The lowest BCUT2D eigenvalue weighted by Crippen LogP contribution is -2.02. The molecule has 0 atom stereocenters. The molecule has 3 rings (SSSR count). The number of fused-ring (bicyclic) bond motifs is 1. The molecule has 0 aliphatic heterocycles. The van der Waals surface area contributed by atoms with Crippen molar-refractivity contribution in [1.82, 2.24) is 9.97 Å². The van der Waals surface area contributed by atoms with Crippen molar-refractivity contribution >= 4 is 22.5 Å². The molecule has 4 nitrogen and oxygen atoms in total. The van der Waals surface area contributed by atoms with Crippen LogP contribution in [0.4, 0.5) is 0 Å². The Kier molecular flexibility index (Phi) is 4.22. The smallest absolute Gasteiger partial charge is 0.143 e. The third-order valence-corrected chi connectivity index (χ3v) is 3.73. The van der Waals surface area contributed by atoms with E-state index < -0.39 is 0 Å². The number of aliphatic hydroxyl groups excluding tert-OH is 1. The molecule has 0 aliphatic rings. The Hall–Kier alpha value is -2.17. The van der Waals surface area contributed by atoms with Crippen LogP contribution in [0.2, 0.25) is 5.02 Å². The summed E-state index contributed by atoms with van der Waals surface area (Å²) in [7, 11) is 0. The summed E-state index contributed by atoms with van der Waals surface area (Å²) in [6.07, 6.45) is 1.73. The Morgan fingerprint density at radius 3 is 2.86 bits per heavy atom. The number of hydrogen-bond donors (Lipinski definition) is 1. The van der Waals surface area contributed by atoms with Crippen LogP contribution in [0.15, 0.2) is 42.6 Å². The lowest BCUT2D eigenvalue weighted by Gasteiger charge is -2.12. The number of aryl methyl sites for hydroxylation is 1. The summed E-state index contributed by atoms with van der Waals surface area (Å²) >= 11 is 6.19. The molecule has 5 heteroatoms. The Labute approximate surface area is 133 Å². The van der Waals surface area contributed by atoms with Crippen LogP contribution in [-0.2, 0) is 13.2 Å². The van der Waals surface area contributed by atoms with Crippen molar-refractivity contribution in [3.63, 3.8) is 0 Å². The minimum absolute atomic E-state index is 0.156. The highest BCUT2D eigenvalue weighted by molar-refractivity contribution is 6.35. The van der Waals surface area contributed by atoms with Gasteiger partial charge >= 0.3 is 0 Å². The molecule has 2 heterocycles. The van der Waals surface area contributed by atoms with Gasteiger partial charge in [0, 0.05) is 27.9 Å². The van der Waals surface area contributed by atoms with E-state index >= 15 is 0 Å². The summed E-state index contributed by atoms with van der Waals surface area (Å²) < 4.78 is 5.81. The summed E-state index contributed by atoms with van der Waals surface area (Å²) in [5.74, 6) is 0.576. The minimum Gasteiger partial charge on any atom is -0.487 e. The number of halogens is 1. The van der Waals surface area contributed by atoms with E-state index in [0.29, 0.717) is 23.1 Å². The van der Waals surface area contributed by atoms with Crippen LogP contribution in [0.3, 0.4) is 0 Å². The average molecular weight is 315 g/mol. The van der Waals surface area contributed by atoms with E-state index in [-0.39, 0.29) is 6.61 Å². The van der Waals surface area contributed by atoms with E-state index in [1.54, 1.807) is 6.20 Å². The third kappa shape index (κ3) is 2.89. The second-order valence-corrected chi connectivity index (χ2v) is 5.36. The first-order valence-corrected chi connectivity index (χ1v) is 7.29. The third-order valence-electron chi connectivity index (χ3n) is 3.40. The maximum atomic E-state index is 9.38. The van der Waals surface area contributed by atoms with Crippen LogP contribution < -0.4 is 4.74 Å². The van der Waals surface area contributed by atoms with Crippen LogP contribution in [0.5, 0.6) is 5.75 Å². The molecule has 1 aromatic carbocycles. The van der Waals surface area contributed by atoms with Gasteiger partial charge in [-0.3, -0.25) is 9.97 Å². The van der Waals surface area contributed by atoms with Gasteiger partial charge in [0.15, 0.2) is 0 Å². The zero-order chi connectivity index (χ0) is 15.5. The molecule has 0 bridgehead atoms. The average Bonchev–Trinajstić information content (AvgIpc) is 2.55. The van der Waals surface area contributed by atoms with Crippen LogP contribution in [0, 0.1) is 6.92 Å². The number of hydrogen-bond acceptors (Lipinski definition) is 4. The fourth-order valence-electron chi connectivity index (χ4n) is 2.31. The van der Waals surface area contributed by atoms with Crippen LogP contribution >= 0.6 is 11.6 Å². The summed E-state index contributed by atoms with van der Waals surface area (Å²) in [6, 6.07) is 11.2. The Balaban J connectivity index is 1.90. The molecule has 0 saturated carbocycles. The fourth-order valence-corrected chi connectivity index (χ4v) is 2.53. The number of nitrogens with zero attached hydrogens (tertiary/aromatic N) is 2. The maximum absolute atomic E-state index is 9.38. The first-order valence-electron chi connectivity index (χ1n) is 6.91. The van der Waals surface area contributed by atoms with Gasteiger partial charge in [-0.1, -0.05) is 17.7 Å². The van der Waals surface area contributed by atoms with Gasteiger partial charge in [0.25, 0.3) is 0 Å². The highest BCUT2D eigenvalue weighted by Gasteiger charge is 2.09. The van der Waals surface area contributed by atoms with Gasteiger partial charge in [0.2, 0.25) is 0 Å². The molecule has 0 saturated heterocycles. The van der Waals surface area contributed by atoms with Crippen molar-refractivity contribution < 1.29 is 9.84 Å². The lowest BCUT2D eigenvalue weighted by molar-refractivity contribution is 0.253.